The second-order valence-electron chi connectivity index (χ2n) is 14.0. The maximum Gasteiger partial charge on any atom is 0.0735 e. The summed E-state index contributed by atoms with van der Waals surface area (Å²) in [6, 6.07) is 76.1. The van der Waals surface area contributed by atoms with Gasteiger partial charge in [-0.25, -0.2) is 0 Å². The van der Waals surface area contributed by atoms with E-state index >= 15 is 0 Å². The van der Waals surface area contributed by atoms with E-state index in [-0.39, 0.29) is 5.92 Å². The first-order valence-electron chi connectivity index (χ1n) is 18.4. The van der Waals surface area contributed by atoms with Crippen LogP contribution in [0.25, 0.3) is 11.1 Å². The molecule has 1 aliphatic carbocycles. The molecule has 0 fully saturated rings. The standard InChI is InChI=1S/C51H37NS/c1-5-17-36(18-6-1)33-43(37-19-7-2-8-20-37)38-29-31-46-44(34-38)42-25-13-14-26-45(42)51(46)47-27-15-16-28-49(47)53-50-35-41(30-32-48(50)51)52(39-21-9-3-10-22-39)40-23-11-4-12-24-40/h1-32,34-35,43H,33H2. The summed E-state index contributed by atoms with van der Waals surface area (Å²) in [4.78, 5) is 4.96. The van der Waals surface area contributed by atoms with Crippen molar-refractivity contribution in [1.29, 1.82) is 0 Å². The molecule has 8 aromatic carbocycles. The first-order valence-corrected chi connectivity index (χ1v) is 19.3. The SMILES string of the molecule is c1ccc(CC(c2ccccc2)c2ccc3c(c2)-c2ccccc2C32c3ccccc3Sc3cc(N(c4ccccc4)c4ccccc4)ccc32)cc1. The van der Waals surface area contributed by atoms with Crippen molar-refractivity contribution in [2.24, 2.45) is 0 Å². The lowest BCUT2D eigenvalue weighted by molar-refractivity contribution is 0.721. The monoisotopic (exact) mass is 695 g/mol. The molecule has 53 heavy (non-hydrogen) atoms. The number of nitrogens with zero attached hydrogens (tertiary/aromatic N) is 1. The zero-order valence-electron chi connectivity index (χ0n) is 29.3. The lowest BCUT2D eigenvalue weighted by Gasteiger charge is -2.40. The number of para-hydroxylation sites is 2. The zero-order chi connectivity index (χ0) is 35.2. The summed E-state index contributed by atoms with van der Waals surface area (Å²) < 4.78 is 0. The maximum absolute atomic E-state index is 2.51. The molecule has 1 heterocycles. The van der Waals surface area contributed by atoms with Gasteiger partial charge in [0.15, 0.2) is 0 Å². The molecule has 0 amide bonds. The van der Waals surface area contributed by atoms with E-state index in [0.29, 0.717) is 0 Å². The van der Waals surface area contributed by atoms with Crippen LogP contribution in [0, 0.1) is 0 Å². The van der Waals surface area contributed by atoms with Crippen molar-refractivity contribution in [1.82, 2.24) is 0 Å². The van der Waals surface area contributed by atoms with Gasteiger partial charge in [0.05, 0.1) is 5.41 Å². The zero-order valence-corrected chi connectivity index (χ0v) is 30.1. The van der Waals surface area contributed by atoms with Gasteiger partial charge in [0.25, 0.3) is 0 Å². The molecule has 252 valence electrons. The van der Waals surface area contributed by atoms with Crippen LogP contribution in [-0.2, 0) is 11.8 Å². The highest BCUT2D eigenvalue weighted by atomic mass is 32.2. The molecule has 1 spiro atoms. The molecule has 0 saturated heterocycles. The van der Waals surface area contributed by atoms with Crippen LogP contribution in [0.1, 0.15) is 44.9 Å². The molecule has 0 saturated carbocycles. The Bertz CT molecular complexity index is 2530. The summed E-state index contributed by atoms with van der Waals surface area (Å²) in [5.74, 6) is 0.235. The molecule has 1 aliphatic heterocycles. The minimum Gasteiger partial charge on any atom is -0.310 e. The van der Waals surface area contributed by atoms with Gasteiger partial charge in [-0.1, -0.05) is 176 Å². The third kappa shape index (κ3) is 5.25. The summed E-state index contributed by atoms with van der Waals surface area (Å²) in [5.41, 5.74) is 15.1. The Morgan fingerprint density at radius 3 is 1.66 bits per heavy atom. The average Bonchev–Trinajstić information content (AvgIpc) is 3.51. The van der Waals surface area contributed by atoms with Gasteiger partial charge in [0, 0.05) is 32.8 Å². The van der Waals surface area contributed by atoms with E-state index in [2.05, 4.69) is 211 Å². The van der Waals surface area contributed by atoms with E-state index in [0.717, 1.165) is 23.5 Å². The Morgan fingerprint density at radius 2 is 0.943 bits per heavy atom. The second-order valence-corrected chi connectivity index (χ2v) is 15.1. The highest BCUT2D eigenvalue weighted by Crippen LogP contribution is 2.63. The number of hydrogen-bond acceptors (Lipinski definition) is 2. The van der Waals surface area contributed by atoms with Crippen molar-refractivity contribution in [3.8, 4) is 11.1 Å². The van der Waals surface area contributed by atoms with Crippen LogP contribution in [0.2, 0.25) is 0 Å². The minimum atomic E-state index is -0.438. The summed E-state index contributed by atoms with van der Waals surface area (Å²) >= 11 is 1.89. The van der Waals surface area contributed by atoms with Crippen molar-refractivity contribution in [2.45, 2.75) is 27.5 Å². The van der Waals surface area contributed by atoms with Gasteiger partial charge in [-0.2, -0.15) is 0 Å². The average molecular weight is 696 g/mol. The fourth-order valence-corrected chi connectivity index (χ4v) is 10.1. The van der Waals surface area contributed by atoms with Gasteiger partial charge in [-0.05, 0) is 99.0 Å². The molecule has 0 radical (unpaired) electrons. The smallest absolute Gasteiger partial charge is 0.0735 e. The molecule has 0 bridgehead atoms. The Hall–Kier alpha value is -6.09. The fraction of sp³-hybridized carbons (Fsp3) is 0.0588. The molecular formula is C51H37NS. The molecule has 2 atom stereocenters. The maximum atomic E-state index is 2.51. The number of hydrogen-bond donors (Lipinski definition) is 0. The van der Waals surface area contributed by atoms with Gasteiger partial charge in [0.2, 0.25) is 0 Å². The molecule has 8 aromatic rings. The predicted octanol–water partition coefficient (Wildman–Crippen LogP) is 13.4. The molecule has 2 heteroatoms. The van der Waals surface area contributed by atoms with Crippen molar-refractivity contribution in [3.05, 3.63) is 245 Å². The van der Waals surface area contributed by atoms with Gasteiger partial charge in [-0.15, -0.1) is 0 Å². The molecule has 0 N–H and O–H groups in total. The first-order chi connectivity index (χ1) is 26.3. The molecule has 2 aliphatic rings. The highest BCUT2D eigenvalue weighted by Gasteiger charge is 2.50. The van der Waals surface area contributed by atoms with Crippen molar-refractivity contribution in [2.75, 3.05) is 4.90 Å². The van der Waals surface area contributed by atoms with Crippen LogP contribution in [0.5, 0.6) is 0 Å². The van der Waals surface area contributed by atoms with Crippen LogP contribution in [0.4, 0.5) is 17.1 Å². The summed E-state index contributed by atoms with van der Waals surface area (Å²) in [6.45, 7) is 0. The summed E-state index contributed by atoms with van der Waals surface area (Å²) in [6.07, 6.45) is 0.945. The van der Waals surface area contributed by atoms with Crippen LogP contribution in [0.3, 0.4) is 0 Å². The van der Waals surface area contributed by atoms with E-state index in [9.17, 15) is 0 Å². The third-order valence-electron chi connectivity index (χ3n) is 11.1. The molecule has 1 nitrogen and oxygen atoms in total. The highest BCUT2D eigenvalue weighted by molar-refractivity contribution is 7.99. The van der Waals surface area contributed by atoms with E-state index < -0.39 is 5.41 Å². The van der Waals surface area contributed by atoms with Crippen LogP contribution >= 0.6 is 11.8 Å². The lowest BCUT2D eigenvalue weighted by Crippen LogP contribution is -2.32. The van der Waals surface area contributed by atoms with E-state index in [1.54, 1.807) is 0 Å². The Morgan fingerprint density at radius 1 is 0.396 bits per heavy atom. The van der Waals surface area contributed by atoms with Gasteiger partial charge >= 0.3 is 0 Å². The van der Waals surface area contributed by atoms with Crippen molar-refractivity contribution in [3.63, 3.8) is 0 Å². The number of anilines is 3. The van der Waals surface area contributed by atoms with Crippen molar-refractivity contribution >= 4 is 28.8 Å². The summed E-state index contributed by atoms with van der Waals surface area (Å²) in [7, 11) is 0. The van der Waals surface area contributed by atoms with Gasteiger partial charge in [0.1, 0.15) is 0 Å². The molecule has 2 unspecified atom stereocenters. The topological polar surface area (TPSA) is 3.24 Å². The quantitative estimate of drug-likeness (QED) is 0.163. The Kier molecular flexibility index (Phi) is 7.85. The third-order valence-corrected chi connectivity index (χ3v) is 12.3. The lowest BCUT2D eigenvalue weighted by atomic mass is 9.67. The van der Waals surface area contributed by atoms with Crippen molar-refractivity contribution < 1.29 is 0 Å². The molecule has 10 rings (SSSR count). The normalized spacial score (nSPS) is 15.5. The Labute approximate surface area is 316 Å². The van der Waals surface area contributed by atoms with Crippen LogP contribution in [-0.4, -0.2) is 0 Å². The van der Waals surface area contributed by atoms with E-state index in [1.807, 2.05) is 11.8 Å². The number of rotatable bonds is 7. The van der Waals surface area contributed by atoms with Gasteiger partial charge < -0.3 is 4.90 Å². The molecular weight excluding hydrogens is 659 g/mol. The number of fused-ring (bicyclic) bond motifs is 9. The minimum absolute atomic E-state index is 0.235. The second kappa shape index (κ2) is 13.2. The fourth-order valence-electron chi connectivity index (χ4n) is 8.84. The van der Waals surface area contributed by atoms with E-state index in [4.69, 9.17) is 0 Å². The van der Waals surface area contributed by atoms with Crippen LogP contribution in [0.15, 0.2) is 216 Å². The summed E-state index contributed by atoms with van der Waals surface area (Å²) in [5, 5.41) is 0. The number of benzene rings is 8. The van der Waals surface area contributed by atoms with Gasteiger partial charge in [-0.3, -0.25) is 0 Å². The molecule has 0 aromatic heterocycles. The largest absolute Gasteiger partial charge is 0.310 e. The van der Waals surface area contributed by atoms with E-state index in [1.165, 1.54) is 59.9 Å². The first kappa shape index (κ1) is 31.6. The predicted molar refractivity (Wildman–Crippen MR) is 221 cm³/mol. The van der Waals surface area contributed by atoms with Crippen LogP contribution < -0.4 is 4.90 Å². The Balaban J connectivity index is 1.18.